The molecule has 1 N–H and O–H groups in total. The van der Waals surface area contributed by atoms with E-state index in [0.29, 0.717) is 29.1 Å². The summed E-state index contributed by atoms with van der Waals surface area (Å²) in [5, 5.41) is 7.12. The van der Waals surface area contributed by atoms with Crippen LogP contribution in [0, 0.1) is 0 Å². The molecular formula is C20H19N3O5S. The van der Waals surface area contributed by atoms with E-state index in [1.807, 2.05) is 0 Å². The predicted octanol–water partition coefficient (Wildman–Crippen LogP) is 2.96. The van der Waals surface area contributed by atoms with Crippen LogP contribution in [0.2, 0.25) is 0 Å². The Morgan fingerprint density at radius 3 is 2.55 bits per heavy atom. The summed E-state index contributed by atoms with van der Waals surface area (Å²) in [5.41, 5.74) is 1.78. The van der Waals surface area contributed by atoms with Crippen LogP contribution in [0.3, 0.4) is 0 Å². The fourth-order valence-corrected chi connectivity index (χ4v) is 5.04. The standard InChI is InChI=1S/C20H19N3O5S/c1-13(24)14-4-6-15(7-5-14)21-20(25)17-11-18(19-3-2-9-28-19)23(22-17)16-8-10-29(26,27)12-16/h2-7,9,11,16H,8,10,12H2,1H3,(H,21,25). The number of Topliss-reactive ketones (excluding diaryl/α,β-unsaturated/α-hetero) is 1. The molecule has 29 heavy (non-hydrogen) atoms. The second-order valence-electron chi connectivity index (χ2n) is 6.98. The number of carbonyl (C=O) groups is 2. The number of aromatic nitrogens is 2. The fourth-order valence-electron chi connectivity index (χ4n) is 3.34. The molecule has 8 nitrogen and oxygen atoms in total. The number of furan rings is 1. The lowest BCUT2D eigenvalue weighted by Gasteiger charge is -2.11. The second-order valence-corrected chi connectivity index (χ2v) is 9.21. The number of anilines is 1. The summed E-state index contributed by atoms with van der Waals surface area (Å²) in [4.78, 5) is 24.1. The van der Waals surface area contributed by atoms with Crippen LogP contribution in [-0.4, -0.2) is 41.4 Å². The predicted molar refractivity (Wildman–Crippen MR) is 107 cm³/mol. The number of nitrogens with zero attached hydrogens (tertiary/aromatic N) is 2. The van der Waals surface area contributed by atoms with Crippen molar-refractivity contribution in [2.24, 2.45) is 0 Å². The maximum Gasteiger partial charge on any atom is 0.276 e. The lowest BCUT2D eigenvalue weighted by atomic mass is 10.1. The number of rotatable bonds is 5. The number of amides is 1. The quantitative estimate of drug-likeness (QED) is 0.644. The number of hydrogen-bond acceptors (Lipinski definition) is 6. The van der Waals surface area contributed by atoms with Gasteiger partial charge in [-0.3, -0.25) is 14.3 Å². The largest absolute Gasteiger partial charge is 0.463 e. The zero-order valence-electron chi connectivity index (χ0n) is 15.7. The number of nitrogens with one attached hydrogen (secondary N) is 1. The topological polar surface area (TPSA) is 111 Å². The van der Waals surface area contributed by atoms with E-state index in [1.54, 1.807) is 47.1 Å². The summed E-state index contributed by atoms with van der Waals surface area (Å²) in [5.74, 6) is 0.0885. The van der Waals surface area contributed by atoms with Crippen LogP contribution in [0.4, 0.5) is 5.69 Å². The van der Waals surface area contributed by atoms with Crippen molar-refractivity contribution in [3.05, 3.63) is 60.0 Å². The molecule has 9 heteroatoms. The first-order chi connectivity index (χ1) is 13.8. The Morgan fingerprint density at radius 1 is 1.21 bits per heavy atom. The van der Waals surface area contributed by atoms with Crippen molar-refractivity contribution in [1.29, 1.82) is 0 Å². The Balaban J connectivity index is 1.63. The van der Waals surface area contributed by atoms with E-state index in [0.717, 1.165) is 0 Å². The van der Waals surface area contributed by atoms with Crippen LogP contribution < -0.4 is 5.32 Å². The van der Waals surface area contributed by atoms with Gasteiger partial charge in [-0.1, -0.05) is 0 Å². The summed E-state index contributed by atoms with van der Waals surface area (Å²) < 4.78 is 30.8. The van der Waals surface area contributed by atoms with Gasteiger partial charge in [-0.25, -0.2) is 8.42 Å². The van der Waals surface area contributed by atoms with Crippen molar-refractivity contribution < 1.29 is 22.4 Å². The molecule has 2 aromatic heterocycles. The first kappa shape index (κ1) is 19.1. The molecule has 0 spiro atoms. The van der Waals surface area contributed by atoms with Crippen LogP contribution in [0.15, 0.2) is 53.1 Å². The molecule has 1 atom stereocenters. The van der Waals surface area contributed by atoms with Gasteiger partial charge in [-0.15, -0.1) is 0 Å². The molecule has 4 rings (SSSR count). The lowest BCUT2D eigenvalue weighted by Crippen LogP contribution is -2.16. The van der Waals surface area contributed by atoms with Crippen LogP contribution in [-0.2, 0) is 9.84 Å². The van der Waals surface area contributed by atoms with Crippen LogP contribution >= 0.6 is 0 Å². The normalized spacial score (nSPS) is 17.9. The van der Waals surface area contributed by atoms with E-state index in [9.17, 15) is 18.0 Å². The van der Waals surface area contributed by atoms with Gasteiger partial charge in [-0.2, -0.15) is 5.10 Å². The molecule has 150 valence electrons. The molecule has 3 heterocycles. The summed E-state index contributed by atoms with van der Waals surface area (Å²) in [6, 6.07) is 11.2. The molecule has 1 aliphatic heterocycles. The smallest absolute Gasteiger partial charge is 0.276 e. The van der Waals surface area contributed by atoms with Crippen molar-refractivity contribution >= 4 is 27.2 Å². The number of carbonyl (C=O) groups excluding carboxylic acids is 2. The van der Waals surface area contributed by atoms with Gasteiger partial charge < -0.3 is 9.73 Å². The summed E-state index contributed by atoms with van der Waals surface area (Å²) in [6.45, 7) is 1.47. The third-order valence-electron chi connectivity index (χ3n) is 4.85. The minimum atomic E-state index is -3.12. The van der Waals surface area contributed by atoms with E-state index in [1.165, 1.54) is 13.2 Å². The van der Waals surface area contributed by atoms with Gasteiger partial charge in [0, 0.05) is 17.3 Å². The van der Waals surface area contributed by atoms with E-state index in [4.69, 9.17) is 4.42 Å². The number of ketones is 1. The van der Waals surface area contributed by atoms with Gasteiger partial charge in [-0.05, 0) is 49.7 Å². The molecule has 0 radical (unpaired) electrons. The Bertz CT molecular complexity index is 1160. The van der Waals surface area contributed by atoms with E-state index < -0.39 is 15.7 Å². The Hall–Kier alpha value is -3.20. The van der Waals surface area contributed by atoms with Gasteiger partial charge in [0.25, 0.3) is 5.91 Å². The van der Waals surface area contributed by atoms with Crippen LogP contribution in [0.5, 0.6) is 0 Å². The van der Waals surface area contributed by atoms with Crippen molar-refractivity contribution in [2.75, 3.05) is 16.8 Å². The monoisotopic (exact) mass is 413 g/mol. The maximum absolute atomic E-state index is 12.7. The van der Waals surface area contributed by atoms with E-state index in [-0.39, 0.29) is 29.0 Å². The van der Waals surface area contributed by atoms with Gasteiger partial charge in [0.05, 0.1) is 23.8 Å². The summed E-state index contributed by atoms with van der Waals surface area (Å²) in [6.07, 6.45) is 1.94. The highest BCUT2D eigenvalue weighted by molar-refractivity contribution is 7.91. The minimum absolute atomic E-state index is 0.0179. The van der Waals surface area contributed by atoms with Gasteiger partial charge in [0.15, 0.2) is 27.1 Å². The Morgan fingerprint density at radius 2 is 1.97 bits per heavy atom. The Labute approximate surface area is 167 Å². The molecule has 1 fully saturated rings. The molecular weight excluding hydrogens is 394 g/mol. The minimum Gasteiger partial charge on any atom is -0.463 e. The first-order valence-corrected chi connectivity index (χ1v) is 10.9. The molecule has 0 saturated carbocycles. The van der Waals surface area contributed by atoms with Gasteiger partial charge in [0.1, 0.15) is 5.69 Å². The lowest BCUT2D eigenvalue weighted by molar-refractivity contribution is 0.101. The summed E-state index contributed by atoms with van der Waals surface area (Å²) >= 11 is 0. The van der Waals surface area contributed by atoms with Crippen molar-refractivity contribution in [2.45, 2.75) is 19.4 Å². The highest BCUT2D eigenvalue weighted by atomic mass is 32.2. The zero-order chi connectivity index (χ0) is 20.6. The fraction of sp³-hybridized carbons (Fsp3) is 0.250. The zero-order valence-corrected chi connectivity index (χ0v) is 16.5. The molecule has 1 unspecified atom stereocenters. The highest BCUT2D eigenvalue weighted by Gasteiger charge is 2.32. The van der Waals surface area contributed by atoms with Gasteiger partial charge >= 0.3 is 0 Å². The first-order valence-electron chi connectivity index (χ1n) is 9.08. The number of sulfone groups is 1. The molecule has 1 amide bonds. The molecule has 1 aliphatic rings. The molecule has 1 saturated heterocycles. The number of benzene rings is 1. The molecule has 3 aromatic rings. The Kier molecular flexibility index (Phi) is 4.83. The van der Waals surface area contributed by atoms with Gasteiger partial charge in [0.2, 0.25) is 0 Å². The van der Waals surface area contributed by atoms with E-state index >= 15 is 0 Å². The number of hydrogen-bond donors (Lipinski definition) is 1. The van der Waals surface area contributed by atoms with Crippen molar-refractivity contribution in [3.8, 4) is 11.5 Å². The maximum atomic E-state index is 12.7. The molecule has 0 bridgehead atoms. The average molecular weight is 413 g/mol. The van der Waals surface area contributed by atoms with Crippen molar-refractivity contribution in [3.63, 3.8) is 0 Å². The summed E-state index contributed by atoms with van der Waals surface area (Å²) in [7, 11) is -3.12. The molecule has 0 aliphatic carbocycles. The third-order valence-corrected chi connectivity index (χ3v) is 6.60. The van der Waals surface area contributed by atoms with Crippen molar-refractivity contribution in [1.82, 2.24) is 9.78 Å². The van der Waals surface area contributed by atoms with Crippen LogP contribution in [0.1, 0.15) is 40.2 Å². The van der Waals surface area contributed by atoms with Crippen LogP contribution in [0.25, 0.3) is 11.5 Å². The SMILES string of the molecule is CC(=O)c1ccc(NC(=O)c2cc(-c3ccco3)n(C3CCS(=O)(=O)C3)n2)cc1. The second kappa shape index (κ2) is 7.32. The molecule has 1 aromatic carbocycles. The third kappa shape index (κ3) is 4.00. The van der Waals surface area contributed by atoms with E-state index in [2.05, 4.69) is 10.4 Å². The average Bonchev–Trinajstić information content (AvgIpc) is 3.40. The highest BCUT2D eigenvalue weighted by Crippen LogP contribution is 2.30.